The highest BCUT2D eigenvalue weighted by Crippen LogP contribution is 2.14. The first-order chi connectivity index (χ1) is 15.0. The summed E-state index contributed by atoms with van der Waals surface area (Å²) in [5.41, 5.74) is 0. The predicted octanol–water partition coefficient (Wildman–Crippen LogP) is 1.33. The molecule has 174 valence electrons. The van der Waals surface area contributed by atoms with E-state index in [-0.39, 0.29) is 24.4 Å². The lowest BCUT2D eigenvalue weighted by molar-refractivity contribution is -0.127. The van der Waals surface area contributed by atoms with Crippen LogP contribution in [0, 0.1) is 5.82 Å². The Balaban J connectivity index is 1.85. The maximum Gasteiger partial charge on any atom is 0.243 e. The van der Waals surface area contributed by atoms with Gasteiger partial charge in [-0.15, -0.1) is 0 Å². The highest BCUT2D eigenvalue weighted by Gasteiger charge is 2.12. The van der Waals surface area contributed by atoms with E-state index in [9.17, 15) is 9.18 Å². The third kappa shape index (κ3) is 9.97. The lowest BCUT2D eigenvalue weighted by Crippen LogP contribution is -2.44. The van der Waals surface area contributed by atoms with Gasteiger partial charge in [-0.3, -0.25) is 9.69 Å². The molecule has 1 unspecified atom stereocenters. The first kappa shape index (κ1) is 24.9. The van der Waals surface area contributed by atoms with Gasteiger partial charge >= 0.3 is 0 Å². The van der Waals surface area contributed by atoms with Crippen molar-refractivity contribution in [3.8, 4) is 5.75 Å². The third-order valence-electron chi connectivity index (χ3n) is 4.97. The summed E-state index contributed by atoms with van der Waals surface area (Å²) in [4.78, 5) is 20.2. The summed E-state index contributed by atoms with van der Waals surface area (Å²) in [6, 6.07) is 6.12. The summed E-state index contributed by atoms with van der Waals surface area (Å²) in [7, 11) is 3.42. The number of benzene rings is 1. The largest absolute Gasteiger partial charge is 0.489 e. The number of nitrogens with zero attached hydrogens (tertiary/aromatic N) is 3. The standard InChI is InChI=1S/C22H36FN5O3/c1-4-19(31-20-8-5-7-18(23)15-20)16-25-22(26-17-21(29)27(2)3)24-9-6-10-28-11-13-30-14-12-28/h5,7-8,15,19H,4,6,9-14,16-17H2,1-3H3,(H2,24,25,26). The summed E-state index contributed by atoms with van der Waals surface area (Å²) in [6.07, 6.45) is 1.54. The Labute approximate surface area is 184 Å². The normalized spacial score (nSPS) is 15.9. The van der Waals surface area contributed by atoms with Gasteiger partial charge in [-0.1, -0.05) is 13.0 Å². The number of halogens is 1. The Morgan fingerprint density at radius 2 is 2.10 bits per heavy atom. The van der Waals surface area contributed by atoms with E-state index < -0.39 is 0 Å². The number of aliphatic imine (C=N–C) groups is 1. The minimum absolute atomic E-state index is 0.0628. The number of morpholine rings is 1. The number of carbonyl (C=O) groups is 1. The molecule has 1 amide bonds. The summed E-state index contributed by atoms with van der Waals surface area (Å²) in [6.45, 7) is 7.79. The van der Waals surface area contributed by atoms with Crippen molar-refractivity contribution in [1.29, 1.82) is 0 Å². The molecule has 1 heterocycles. The molecular formula is C22H36FN5O3. The van der Waals surface area contributed by atoms with Crippen LogP contribution >= 0.6 is 0 Å². The van der Waals surface area contributed by atoms with Crippen molar-refractivity contribution in [2.45, 2.75) is 25.9 Å². The van der Waals surface area contributed by atoms with Crippen LogP contribution in [0.15, 0.2) is 29.3 Å². The van der Waals surface area contributed by atoms with Crippen LogP contribution in [0.25, 0.3) is 0 Å². The molecule has 0 saturated carbocycles. The molecular weight excluding hydrogens is 401 g/mol. The van der Waals surface area contributed by atoms with Crippen molar-refractivity contribution in [3.05, 3.63) is 30.1 Å². The molecule has 1 aromatic rings. The predicted molar refractivity (Wildman–Crippen MR) is 120 cm³/mol. The van der Waals surface area contributed by atoms with Crippen molar-refractivity contribution < 1.29 is 18.7 Å². The maximum atomic E-state index is 13.4. The van der Waals surface area contributed by atoms with Gasteiger partial charge in [-0.2, -0.15) is 0 Å². The van der Waals surface area contributed by atoms with E-state index in [4.69, 9.17) is 9.47 Å². The van der Waals surface area contributed by atoms with Crippen molar-refractivity contribution >= 4 is 11.9 Å². The zero-order valence-electron chi connectivity index (χ0n) is 18.9. The van der Waals surface area contributed by atoms with Crippen LogP contribution in [0.2, 0.25) is 0 Å². The van der Waals surface area contributed by atoms with Gasteiger partial charge in [0.05, 0.1) is 19.8 Å². The number of amides is 1. The van der Waals surface area contributed by atoms with E-state index in [1.807, 2.05) is 6.92 Å². The molecule has 1 fully saturated rings. The van der Waals surface area contributed by atoms with Crippen LogP contribution in [0.1, 0.15) is 19.8 Å². The Hall–Kier alpha value is -2.39. The number of ether oxygens (including phenoxy) is 2. The van der Waals surface area contributed by atoms with Crippen LogP contribution in [0.5, 0.6) is 5.75 Å². The van der Waals surface area contributed by atoms with Crippen LogP contribution in [-0.2, 0) is 9.53 Å². The number of carbonyl (C=O) groups excluding carboxylic acids is 1. The minimum Gasteiger partial charge on any atom is -0.489 e. The van der Waals surface area contributed by atoms with Crippen molar-refractivity contribution in [1.82, 2.24) is 20.4 Å². The van der Waals surface area contributed by atoms with Gasteiger partial charge in [0, 0.05) is 39.8 Å². The Morgan fingerprint density at radius 3 is 2.77 bits per heavy atom. The second kappa shape index (κ2) is 13.8. The molecule has 31 heavy (non-hydrogen) atoms. The molecule has 0 aromatic heterocycles. The van der Waals surface area contributed by atoms with Crippen LogP contribution in [0.4, 0.5) is 4.39 Å². The Morgan fingerprint density at radius 1 is 1.32 bits per heavy atom. The summed E-state index contributed by atoms with van der Waals surface area (Å²) < 4.78 is 24.7. The van der Waals surface area contributed by atoms with Gasteiger partial charge in [0.2, 0.25) is 5.91 Å². The van der Waals surface area contributed by atoms with Crippen molar-refractivity contribution in [2.75, 3.05) is 66.6 Å². The van der Waals surface area contributed by atoms with Crippen LogP contribution < -0.4 is 15.4 Å². The average Bonchev–Trinajstić information content (AvgIpc) is 2.77. The summed E-state index contributed by atoms with van der Waals surface area (Å²) in [5.74, 6) is 0.663. The number of likely N-dealkylation sites (N-methyl/N-ethyl adjacent to an activating group) is 1. The number of hydrogen-bond donors (Lipinski definition) is 2. The molecule has 0 aliphatic carbocycles. The second-order valence-corrected chi connectivity index (χ2v) is 7.67. The first-order valence-electron chi connectivity index (χ1n) is 10.9. The zero-order chi connectivity index (χ0) is 22.5. The molecule has 1 aliphatic heterocycles. The molecule has 1 aliphatic rings. The van der Waals surface area contributed by atoms with Gasteiger partial charge in [0.1, 0.15) is 24.2 Å². The van der Waals surface area contributed by atoms with E-state index in [0.29, 0.717) is 18.3 Å². The molecule has 0 spiro atoms. The monoisotopic (exact) mass is 437 g/mol. The SMILES string of the molecule is CCC(CNC(=NCC(=O)N(C)C)NCCCN1CCOCC1)Oc1cccc(F)c1. The van der Waals surface area contributed by atoms with Crippen LogP contribution in [-0.4, -0.2) is 94.3 Å². The molecule has 1 atom stereocenters. The molecule has 2 N–H and O–H groups in total. The van der Waals surface area contributed by atoms with E-state index in [2.05, 4.69) is 20.5 Å². The fourth-order valence-corrected chi connectivity index (χ4v) is 3.01. The van der Waals surface area contributed by atoms with E-state index in [1.165, 1.54) is 17.0 Å². The quantitative estimate of drug-likeness (QED) is 0.309. The molecule has 2 rings (SSSR count). The van der Waals surface area contributed by atoms with E-state index >= 15 is 0 Å². The topological polar surface area (TPSA) is 78.4 Å². The number of hydrogen-bond acceptors (Lipinski definition) is 5. The lowest BCUT2D eigenvalue weighted by atomic mass is 10.2. The van der Waals surface area contributed by atoms with E-state index in [0.717, 1.165) is 52.2 Å². The molecule has 9 heteroatoms. The maximum absolute atomic E-state index is 13.4. The molecule has 8 nitrogen and oxygen atoms in total. The fraction of sp³-hybridized carbons (Fsp3) is 0.636. The first-order valence-corrected chi connectivity index (χ1v) is 10.9. The van der Waals surface area contributed by atoms with Crippen molar-refractivity contribution in [3.63, 3.8) is 0 Å². The number of rotatable bonds is 11. The van der Waals surface area contributed by atoms with Gasteiger partial charge in [-0.25, -0.2) is 9.38 Å². The minimum atomic E-state index is -0.327. The van der Waals surface area contributed by atoms with Crippen molar-refractivity contribution in [2.24, 2.45) is 4.99 Å². The highest BCUT2D eigenvalue weighted by atomic mass is 19.1. The second-order valence-electron chi connectivity index (χ2n) is 7.67. The van der Waals surface area contributed by atoms with Gasteiger partial charge in [-0.05, 0) is 31.5 Å². The number of nitrogens with one attached hydrogen (secondary N) is 2. The third-order valence-corrected chi connectivity index (χ3v) is 4.97. The zero-order valence-corrected chi connectivity index (χ0v) is 18.9. The summed E-state index contributed by atoms with van der Waals surface area (Å²) >= 11 is 0. The summed E-state index contributed by atoms with van der Waals surface area (Å²) in [5, 5.41) is 6.55. The van der Waals surface area contributed by atoms with Gasteiger partial charge in [0.15, 0.2) is 5.96 Å². The van der Waals surface area contributed by atoms with Crippen LogP contribution in [0.3, 0.4) is 0 Å². The average molecular weight is 438 g/mol. The smallest absolute Gasteiger partial charge is 0.243 e. The van der Waals surface area contributed by atoms with Gasteiger partial charge < -0.3 is 25.0 Å². The number of guanidine groups is 1. The lowest BCUT2D eigenvalue weighted by Gasteiger charge is -2.26. The molecule has 0 radical (unpaired) electrons. The highest BCUT2D eigenvalue weighted by molar-refractivity contribution is 5.84. The molecule has 1 aromatic carbocycles. The Bertz CT molecular complexity index is 695. The fourth-order valence-electron chi connectivity index (χ4n) is 3.01. The Kier molecular flexibility index (Phi) is 11.1. The molecule has 1 saturated heterocycles. The van der Waals surface area contributed by atoms with Gasteiger partial charge in [0.25, 0.3) is 0 Å². The molecule has 0 bridgehead atoms. The van der Waals surface area contributed by atoms with E-state index in [1.54, 1.807) is 26.2 Å².